The standard InChI is InChI=1S/C18H31N3/c1-14(2)15-7-8-17(18(13-15)20(5)6)21-11-9-16(10-12-21)19(3)4/h7-8,13-14,16H,9-12H2,1-6H3. The molecule has 0 atom stereocenters. The summed E-state index contributed by atoms with van der Waals surface area (Å²) in [4.78, 5) is 7.17. The van der Waals surface area contributed by atoms with Crippen molar-refractivity contribution in [3.8, 4) is 0 Å². The van der Waals surface area contributed by atoms with Crippen molar-refractivity contribution < 1.29 is 0 Å². The van der Waals surface area contributed by atoms with Gasteiger partial charge < -0.3 is 14.7 Å². The maximum Gasteiger partial charge on any atom is 0.0604 e. The van der Waals surface area contributed by atoms with Gasteiger partial charge in [0.25, 0.3) is 0 Å². The first-order valence-corrected chi connectivity index (χ1v) is 8.12. The van der Waals surface area contributed by atoms with E-state index in [1.54, 1.807) is 0 Å². The Labute approximate surface area is 130 Å². The van der Waals surface area contributed by atoms with Crippen molar-refractivity contribution in [2.75, 3.05) is 51.1 Å². The highest BCUT2D eigenvalue weighted by Crippen LogP contribution is 2.33. The fourth-order valence-corrected chi connectivity index (χ4v) is 3.15. The van der Waals surface area contributed by atoms with Gasteiger partial charge in [0.05, 0.1) is 11.4 Å². The van der Waals surface area contributed by atoms with Crippen molar-refractivity contribution in [1.29, 1.82) is 0 Å². The smallest absolute Gasteiger partial charge is 0.0604 e. The number of piperidine rings is 1. The van der Waals surface area contributed by atoms with Crippen LogP contribution < -0.4 is 9.80 Å². The molecule has 1 fully saturated rings. The predicted molar refractivity (Wildman–Crippen MR) is 93.8 cm³/mol. The lowest BCUT2D eigenvalue weighted by Crippen LogP contribution is -2.42. The molecule has 0 N–H and O–H groups in total. The van der Waals surface area contributed by atoms with Crippen molar-refractivity contribution in [1.82, 2.24) is 4.90 Å². The normalized spacial score (nSPS) is 16.9. The Morgan fingerprint density at radius 3 is 2.14 bits per heavy atom. The second kappa shape index (κ2) is 6.69. The number of anilines is 2. The first-order valence-electron chi connectivity index (χ1n) is 8.12. The summed E-state index contributed by atoms with van der Waals surface area (Å²) in [6, 6.07) is 7.71. The summed E-state index contributed by atoms with van der Waals surface area (Å²) < 4.78 is 0. The maximum atomic E-state index is 2.55. The summed E-state index contributed by atoms with van der Waals surface area (Å²) in [5, 5.41) is 0. The third-order valence-electron chi connectivity index (χ3n) is 4.68. The Balaban J connectivity index is 2.20. The quantitative estimate of drug-likeness (QED) is 0.841. The van der Waals surface area contributed by atoms with Gasteiger partial charge in [0.15, 0.2) is 0 Å². The van der Waals surface area contributed by atoms with E-state index in [0.717, 1.165) is 19.1 Å². The second-order valence-corrected chi connectivity index (χ2v) is 6.98. The van der Waals surface area contributed by atoms with E-state index < -0.39 is 0 Å². The van der Waals surface area contributed by atoms with Gasteiger partial charge in [-0.15, -0.1) is 0 Å². The molecule has 118 valence electrons. The van der Waals surface area contributed by atoms with Crippen LogP contribution in [0.1, 0.15) is 38.2 Å². The zero-order chi connectivity index (χ0) is 15.6. The SMILES string of the molecule is CC(C)c1ccc(N2CCC(N(C)C)CC2)c(N(C)C)c1. The van der Waals surface area contributed by atoms with E-state index in [4.69, 9.17) is 0 Å². The molecule has 1 aromatic carbocycles. The summed E-state index contributed by atoms with van der Waals surface area (Å²) >= 11 is 0. The van der Waals surface area contributed by atoms with Crippen LogP contribution in [0.15, 0.2) is 18.2 Å². The Bertz CT molecular complexity index is 458. The minimum absolute atomic E-state index is 0.581. The van der Waals surface area contributed by atoms with Crippen LogP contribution in [-0.4, -0.2) is 52.2 Å². The summed E-state index contributed by atoms with van der Waals surface area (Å²) in [5.41, 5.74) is 4.16. The average Bonchev–Trinajstić information content (AvgIpc) is 2.46. The van der Waals surface area contributed by atoms with Gasteiger partial charge in [-0.2, -0.15) is 0 Å². The fourth-order valence-electron chi connectivity index (χ4n) is 3.15. The summed E-state index contributed by atoms with van der Waals surface area (Å²) in [6.07, 6.45) is 2.51. The van der Waals surface area contributed by atoms with Crippen molar-refractivity contribution >= 4 is 11.4 Å². The highest BCUT2D eigenvalue weighted by molar-refractivity contribution is 5.72. The minimum Gasteiger partial charge on any atom is -0.376 e. The molecule has 21 heavy (non-hydrogen) atoms. The van der Waals surface area contributed by atoms with Crippen LogP contribution in [0.3, 0.4) is 0 Å². The Kier molecular flexibility index (Phi) is 5.15. The van der Waals surface area contributed by atoms with Gasteiger partial charge in [-0.05, 0) is 50.6 Å². The number of rotatable bonds is 4. The number of nitrogens with zero attached hydrogens (tertiary/aromatic N) is 3. The zero-order valence-electron chi connectivity index (χ0n) is 14.6. The molecule has 1 saturated heterocycles. The van der Waals surface area contributed by atoms with Gasteiger partial charge in [0.1, 0.15) is 0 Å². The van der Waals surface area contributed by atoms with Gasteiger partial charge in [-0.25, -0.2) is 0 Å². The summed E-state index contributed by atoms with van der Waals surface area (Å²) in [6.45, 7) is 6.84. The van der Waals surface area contributed by atoms with E-state index >= 15 is 0 Å². The van der Waals surface area contributed by atoms with E-state index in [0.29, 0.717) is 5.92 Å². The molecular weight excluding hydrogens is 258 g/mol. The summed E-state index contributed by atoms with van der Waals surface area (Å²) in [5.74, 6) is 0.581. The third kappa shape index (κ3) is 3.70. The minimum atomic E-state index is 0.581. The lowest BCUT2D eigenvalue weighted by molar-refractivity contribution is 0.249. The van der Waals surface area contributed by atoms with Crippen molar-refractivity contribution in [3.63, 3.8) is 0 Å². The molecule has 1 heterocycles. The topological polar surface area (TPSA) is 9.72 Å². The number of hydrogen-bond acceptors (Lipinski definition) is 3. The molecule has 0 aliphatic carbocycles. The molecule has 3 heteroatoms. The number of benzene rings is 1. The Morgan fingerprint density at radius 2 is 1.67 bits per heavy atom. The molecule has 0 radical (unpaired) electrons. The van der Waals surface area contributed by atoms with E-state index in [-0.39, 0.29) is 0 Å². The lowest BCUT2D eigenvalue weighted by Gasteiger charge is -2.38. The molecule has 0 unspecified atom stereocenters. The molecule has 1 aromatic rings. The predicted octanol–water partition coefficient (Wildman–Crippen LogP) is 3.41. The molecule has 0 spiro atoms. The molecule has 0 amide bonds. The van der Waals surface area contributed by atoms with Gasteiger partial charge >= 0.3 is 0 Å². The zero-order valence-corrected chi connectivity index (χ0v) is 14.6. The van der Waals surface area contributed by atoms with Gasteiger partial charge in [0.2, 0.25) is 0 Å². The van der Waals surface area contributed by atoms with Crippen LogP contribution in [0.2, 0.25) is 0 Å². The van der Waals surface area contributed by atoms with Gasteiger partial charge in [0, 0.05) is 33.2 Å². The monoisotopic (exact) mass is 289 g/mol. The molecule has 3 nitrogen and oxygen atoms in total. The lowest BCUT2D eigenvalue weighted by atomic mass is 9.99. The molecule has 0 saturated carbocycles. The highest BCUT2D eigenvalue weighted by Gasteiger charge is 2.22. The third-order valence-corrected chi connectivity index (χ3v) is 4.68. The van der Waals surface area contributed by atoms with Crippen LogP contribution in [0.5, 0.6) is 0 Å². The van der Waals surface area contributed by atoms with Crippen LogP contribution in [0, 0.1) is 0 Å². The van der Waals surface area contributed by atoms with Crippen molar-refractivity contribution in [3.05, 3.63) is 23.8 Å². The van der Waals surface area contributed by atoms with Crippen LogP contribution in [-0.2, 0) is 0 Å². The first-order chi connectivity index (χ1) is 9.90. The summed E-state index contributed by atoms with van der Waals surface area (Å²) in [7, 11) is 8.69. The first kappa shape index (κ1) is 16.2. The Morgan fingerprint density at radius 1 is 1.05 bits per heavy atom. The molecule has 0 aromatic heterocycles. The van der Waals surface area contributed by atoms with Crippen LogP contribution >= 0.6 is 0 Å². The molecular formula is C18H31N3. The van der Waals surface area contributed by atoms with Crippen molar-refractivity contribution in [2.24, 2.45) is 0 Å². The largest absolute Gasteiger partial charge is 0.376 e. The molecule has 2 rings (SSSR count). The highest BCUT2D eigenvalue weighted by atomic mass is 15.2. The van der Waals surface area contributed by atoms with Gasteiger partial charge in [-0.3, -0.25) is 0 Å². The maximum absolute atomic E-state index is 2.55. The average molecular weight is 289 g/mol. The molecule has 1 aliphatic heterocycles. The van der Waals surface area contributed by atoms with E-state index in [1.807, 2.05) is 0 Å². The van der Waals surface area contributed by atoms with E-state index in [1.165, 1.54) is 29.8 Å². The van der Waals surface area contributed by atoms with Crippen molar-refractivity contribution in [2.45, 2.75) is 38.6 Å². The van der Waals surface area contributed by atoms with Gasteiger partial charge in [-0.1, -0.05) is 19.9 Å². The second-order valence-electron chi connectivity index (χ2n) is 6.98. The van der Waals surface area contributed by atoms with E-state index in [9.17, 15) is 0 Å². The fraction of sp³-hybridized carbons (Fsp3) is 0.667. The molecule has 1 aliphatic rings. The Hall–Kier alpha value is -1.22. The number of hydrogen-bond donors (Lipinski definition) is 0. The molecule has 0 bridgehead atoms. The van der Waals surface area contributed by atoms with Crippen LogP contribution in [0.4, 0.5) is 11.4 Å². The van der Waals surface area contributed by atoms with Crippen LogP contribution in [0.25, 0.3) is 0 Å². The van der Waals surface area contributed by atoms with E-state index in [2.05, 4.69) is 74.9 Å².